The number of aromatic hydroxyl groups is 1. The number of aromatic nitrogens is 4. The molecule has 5 aromatic rings. The summed E-state index contributed by atoms with van der Waals surface area (Å²) in [6, 6.07) is 12.8. The van der Waals surface area contributed by atoms with E-state index in [1.165, 1.54) is 6.07 Å². The van der Waals surface area contributed by atoms with Crippen LogP contribution in [0.4, 0.5) is 0 Å². The van der Waals surface area contributed by atoms with E-state index in [1.54, 1.807) is 24.5 Å². The fraction of sp³-hybridized carbons (Fsp3) is 0. The smallest absolute Gasteiger partial charge is 0.154 e. The van der Waals surface area contributed by atoms with Gasteiger partial charge in [-0.25, -0.2) is 9.97 Å². The maximum Gasteiger partial charge on any atom is 0.154 e. The lowest BCUT2D eigenvalue weighted by Gasteiger charge is -2.04. The van der Waals surface area contributed by atoms with Gasteiger partial charge in [-0.1, -0.05) is 29.8 Å². The van der Waals surface area contributed by atoms with E-state index in [1.807, 2.05) is 24.3 Å². The van der Waals surface area contributed by atoms with E-state index in [4.69, 9.17) is 16.6 Å². The zero-order valence-corrected chi connectivity index (χ0v) is 13.6. The first-order chi connectivity index (χ1) is 12.2. The van der Waals surface area contributed by atoms with Crippen LogP contribution >= 0.6 is 11.6 Å². The number of H-pyrrole nitrogens is 1. The summed E-state index contributed by atoms with van der Waals surface area (Å²) in [5, 5.41) is 21.1. The molecule has 0 amide bonds. The Balaban J connectivity index is 2.06. The van der Waals surface area contributed by atoms with Gasteiger partial charge in [-0.05, 0) is 24.3 Å². The van der Waals surface area contributed by atoms with Crippen molar-refractivity contribution < 1.29 is 5.11 Å². The molecule has 0 radical (unpaired) electrons. The maximum absolute atomic E-state index is 9.67. The molecular formula is C19H11ClN4O. The van der Waals surface area contributed by atoms with Gasteiger partial charge in [-0.2, -0.15) is 5.10 Å². The van der Waals surface area contributed by atoms with Gasteiger partial charge in [-0.15, -0.1) is 0 Å². The molecule has 2 N–H and O–H groups in total. The van der Waals surface area contributed by atoms with Crippen LogP contribution in [0.25, 0.3) is 44.0 Å². The predicted octanol–water partition coefficient (Wildman–Crippen LogP) is 4.69. The lowest BCUT2D eigenvalue weighted by molar-refractivity contribution is 0.475. The number of hydrogen-bond acceptors (Lipinski definition) is 4. The summed E-state index contributed by atoms with van der Waals surface area (Å²) in [4.78, 5) is 9.32. The van der Waals surface area contributed by atoms with Crippen molar-refractivity contribution >= 4 is 44.3 Å². The Morgan fingerprint density at radius 2 is 1.84 bits per heavy atom. The third-order valence-corrected chi connectivity index (χ3v) is 4.66. The Morgan fingerprint density at radius 3 is 2.72 bits per heavy atom. The van der Waals surface area contributed by atoms with Crippen molar-refractivity contribution in [2.24, 2.45) is 0 Å². The van der Waals surface area contributed by atoms with Crippen molar-refractivity contribution in [3.63, 3.8) is 0 Å². The van der Waals surface area contributed by atoms with Gasteiger partial charge in [0.25, 0.3) is 0 Å². The molecule has 120 valence electrons. The summed E-state index contributed by atoms with van der Waals surface area (Å²) in [6.07, 6.45) is 3.57. The molecule has 0 saturated heterocycles. The van der Waals surface area contributed by atoms with E-state index in [-0.39, 0.29) is 5.75 Å². The molecule has 0 bridgehead atoms. The minimum atomic E-state index is 0.118. The third kappa shape index (κ3) is 2.06. The molecule has 3 heterocycles. The highest BCUT2D eigenvalue weighted by atomic mass is 35.5. The van der Waals surface area contributed by atoms with Gasteiger partial charge in [0.1, 0.15) is 5.75 Å². The van der Waals surface area contributed by atoms with E-state index in [2.05, 4.69) is 15.2 Å². The summed E-state index contributed by atoms with van der Waals surface area (Å²) in [6.45, 7) is 0. The van der Waals surface area contributed by atoms with Crippen LogP contribution in [0, 0.1) is 0 Å². The van der Waals surface area contributed by atoms with Gasteiger partial charge in [0.15, 0.2) is 5.65 Å². The summed E-state index contributed by atoms with van der Waals surface area (Å²) in [5.41, 5.74) is 3.01. The molecule has 0 spiro atoms. The summed E-state index contributed by atoms with van der Waals surface area (Å²) >= 11 is 6.39. The highest BCUT2D eigenvalue weighted by Crippen LogP contribution is 2.37. The van der Waals surface area contributed by atoms with Crippen LogP contribution in [0.3, 0.4) is 0 Å². The van der Waals surface area contributed by atoms with Gasteiger partial charge < -0.3 is 5.11 Å². The predicted molar refractivity (Wildman–Crippen MR) is 98.8 cm³/mol. The van der Waals surface area contributed by atoms with Gasteiger partial charge in [0.2, 0.25) is 0 Å². The molecule has 0 aliphatic rings. The first-order valence-corrected chi connectivity index (χ1v) is 8.09. The van der Waals surface area contributed by atoms with Gasteiger partial charge in [0.05, 0.1) is 22.4 Å². The Bertz CT molecular complexity index is 1280. The average molecular weight is 347 g/mol. The van der Waals surface area contributed by atoms with Crippen molar-refractivity contribution in [2.45, 2.75) is 0 Å². The molecule has 0 atom stereocenters. The van der Waals surface area contributed by atoms with Crippen molar-refractivity contribution in [1.29, 1.82) is 0 Å². The van der Waals surface area contributed by atoms with Gasteiger partial charge in [0, 0.05) is 33.3 Å². The molecule has 5 rings (SSSR count). The van der Waals surface area contributed by atoms with Crippen molar-refractivity contribution in [1.82, 2.24) is 20.2 Å². The summed E-state index contributed by atoms with van der Waals surface area (Å²) < 4.78 is 0. The van der Waals surface area contributed by atoms with Gasteiger partial charge >= 0.3 is 0 Å². The molecule has 0 saturated carbocycles. The Kier molecular flexibility index (Phi) is 2.93. The minimum absolute atomic E-state index is 0.118. The normalized spacial score (nSPS) is 11.6. The fourth-order valence-corrected chi connectivity index (χ4v) is 3.49. The molecule has 25 heavy (non-hydrogen) atoms. The van der Waals surface area contributed by atoms with E-state index in [0.717, 1.165) is 38.3 Å². The highest BCUT2D eigenvalue weighted by molar-refractivity contribution is 6.34. The van der Waals surface area contributed by atoms with Crippen LogP contribution in [-0.2, 0) is 0 Å². The quantitative estimate of drug-likeness (QED) is 0.462. The average Bonchev–Trinajstić information content (AvgIpc) is 2.98. The molecule has 5 nitrogen and oxygen atoms in total. The second-order valence-electron chi connectivity index (χ2n) is 5.82. The van der Waals surface area contributed by atoms with Crippen LogP contribution in [0.5, 0.6) is 5.75 Å². The molecule has 0 aliphatic heterocycles. The Morgan fingerprint density at radius 1 is 0.960 bits per heavy atom. The molecule has 0 unspecified atom stereocenters. The number of halogens is 1. The highest BCUT2D eigenvalue weighted by Gasteiger charge is 2.16. The SMILES string of the molecule is Oc1ccc(-c2nc3ccccc3c3cn[nH]c4ncc2c43)c(Cl)c1. The fourth-order valence-electron chi connectivity index (χ4n) is 3.23. The molecule has 0 aliphatic carbocycles. The first kappa shape index (κ1) is 14.2. The first-order valence-electron chi connectivity index (χ1n) is 7.72. The van der Waals surface area contributed by atoms with Crippen molar-refractivity contribution in [2.75, 3.05) is 0 Å². The number of para-hydroxylation sites is 1. The number of aromatic amines is 1. The molecule has 0 fully saturated rings. The van der Waals surface area contributed by atoms with Crippen LogP contribution in [0.1, 0.15) is 0 Å². The molecular weight excluding hydrogens is 336 g/mol. The number of hydrogen-bond donors (Lipinski definition) is 2. The van der Waals surface area contributed by atoms with Crippen LogP contribution in [0.2, 0.25) is 5.02 Å². The number of phenolic OH excluding ortho intramolecular Hbond substituents is 1. The number of rotatable bonds is 1. The van der Waals surface area contributed by atoms with E-state index < -0.39 is 0 Å². The third-order valence-electron chi connectivity index (χ3n) is 4.35. The zero-order valence-electron chi connectivity index (χ0n) is 12.9. The minimum Gasteiger partial charge on any atom is -0.508 e. The number of phenols is 1. The topological polar surface area (TPSA) is 74.7 Å². The monoisotopic (exact) mass is 346 g/mol. The Hall–Kier alpha value is -3.18. The second-order valence-corrected chi connectivity index (χ2v) is 6.23. The lowest BCUT2D eigenvalue weighted by Crippen LogP contribution is -1.83. The lowest BCUT2D eigenvalue weighted by atomic mass is 10.1. The van der Waals surface area contributed by atoms with Crippen molar-refractivity contribution in [3.05, 3.63) is 59.9 Å². The van der Waals surface area contributed by atoms with Crippen LogP contribution < -0.4 is 0 Å². The largest absolute Gasteiger partial charge is 0.508 e. The molecule has 3 aromatic heterocycles. The number of fused-ring (bicyclic) bond motifs is 2. The standard InChI is InChI=1S/C19H11ClN4O/c20-15-7-10(25)5-6-12(15)18-14-8-21-19-17(14)13(9-22-24-19)11-3-1-2-4-16(11)23-18/h1-9,25H,(H,21,24). The van der Waals surface area contributed by atoms with E-state index >= 15 is 0 Å². The maximum atomic E-state index is 9.67. The number of benzene rings is 2. The number of nitrogens with zero attached hydrogens (tertiary/aromatic N) is 3. The van der Waals surface area contributed by atoms with E-state index in [9.17, 15) is 5.11 Å². The summed E-state index contributed by atoms with van der Waals surface area (Å²) in [5.74, 6) is 0.118. The van der Waals surface area contributed by atoms with Gasteiger partial charge in [-0.3, -0.25) is 5.10 Å². The second kappa shape index (κ2) is 5.16. The van der Waals surface area contributed by atoms with Crippen molar-refractivity contribution in [3.8, 4) is 17.0 Å². The molecule has 6 heteroatoms. The van der Waals surface area contributed by atoms with Crippen LogP contribution in [0.15, 0.2) is 54.9 Å². The Labute approximate surface area is 146 Å². The number of nitrogens with one attached hydrogen (secondary N) is 1. The zero-order chi connectivity index (χ0) is 17.0. The summed E-state index contributed by atoms with van der Waals surface area (Å²) in [7, 11) is 0. The molecule has 2 aromatic carbocycles. The van der Waals surface area contributed by atoms with E-state index in [0.29, 0.717) is 10.7 Å². The van der Waals surface area contributed by atoms with Crippen LogP contribution in [-0.4, -0.2) is 25.3 Å².